The first-order valence-electron chi connectivity index (χ1n) is 12.7. The summed E-state index contributed by atoms with van der Waals surface area (Å²) in [6, 6.07) is 11.0. The molecule has 194 valence electrons. The van der Waals surface area contributed by atoms with Crippen LogP contribution in [0, 0.1) is 0 Å². The lowest BCUT2D eigenvalue weighted by atomic mass is 9.98. The lowest BCUT2D eigenvalue weighted by Gasteiger charge is -2.30. The van der Waals surface area contributed by atoms with Gasteiger partial charge in [0.05, 0.1) is 32.8 Å². The summed E-state index contributed by atoms with van der Waals surface area (Å²) in [4.78, 5) is 28.1. The van der Waals surface area contributed by atoms with Gasteiger partial charge in [0.15, 0.2) is 33.9 Å². The molecule has 5 aromatic rings. The van der Waals surface area contributed by atoms with Crippen molar-refractivity contribution in [3.05, 3.63) is 56.8 Å². The largest absolute Gasteiger partial charge is 0.454 e. The molecule has 0 spiro atoms. The topological polar surface area (TPSA) is 80.9 Å². The van der Waals surface area contributed by atoms with Crippen LogP contribution in [0.25, 0.3) is 43.6 Å². The molecular formula is C30H28N2O6. The Morgan fingerprint density at radius 2 is 0.789 bits per heavy atom. The second-order valence-electron chi connectivity index (χ2n) is 12.0. The second kappa shape index (κ2) is 7.22. The van der Waals surface area contributed by atoms with E-state index in [2.05, 4.69) is 50.7 Å². The molecule has 0 fully saturated rings. The van der Waals surface area contributed by atoms with E-state index in [1.807, 2.05) is 24.3 Å². The summed E-state index contributed by atoms with van der Waals surface area (Å²) in [5.41, 5.74) is 1.81. The van der Waals surface area contributed by atoms with Gasteiger partial charge in [0.1, 0.15) is 0 Å². The first-order chi connectivity index (χ1) is 17.9. The number of pyridine rings is 2. The number of benzene rings is 3. The van der Waals surface area contributed by atoms with Crippen LogP contribution in [0.4, 0.5) is 0 Å². The highest BCUT2D eigenvalue weighted by atomic mass is 16.7. The Hall–Kier alpha value is -4.20. The summed E-state index contributed by atoms with van der Waals surface area (Å²) >= 11 is 0. The first kappa shape index (κ1) is 23.0. The molecule has 0 saturated heterocycles. The molecule has 0 bridgehead atoms. The van der Waals surface area contributed by atoms with Gasteiger partial charge in [0.25, 0.3) is 0 Å². The zero-order chi connectivity index (χ0) is 26.7. The number of nitrogens with zero attached hydrogens (tertiary/aromatic N) is 2. The van der Waals surface area contributed by atoms with Gasteiger partial charge in [-0.3, -0.25) is 9.59 Å². The maximum absolute atomic E-state index is 14.0. The van der Waals surface area contributed by atoms with Crippen LogP contribution in [0.15, 0.2) is 46.0 Å². The van der Waals surface area contributed by atoms with Crippen molar-refractivity contribution < 1.29 is 18.9 Å². The van der Waals surface area contributed by atoms with Gasteiger partial charge in [-0.1, -0.05) is 0 Å². The Balaban J connectivity index is 1.74. The van der Waals surface area contributed by atoms with Gasteiger partial charge in [-0.05, 0) is 65.8 Å². The molecule has 38 heavy (non-hydrogen) atoms. The number of rotatable bonds is 0. The highest BCUT2D eigenvalue weighted by Crippen LogP contribution is 2.40. The number of hydrogen-bond acceptors (Lipinski definition) is 6. The van der Waals surface area contributed by atoms with Crippen LogP contribution >= 0.6 is 0 Å². The van der Waals surface area contributed by atoms with E-state index in [9.17, 15) is 9.59 Å². The van der Waals surface area contributed by atoms with Crippen molar-refractivity contribution >= 4 is 43.6 Å². The van der Waals surface area contributed by atoms with E-state index in [0.717, 1.165) is 11.0 Å². The maximum atomic E-state index is 14.0. The van der Waals surface area contributed by atoms with Gasteiger partial charge in [0, 0.05) is 34.0 Å². The lowest BCUT2D eigenvalue weighted by Crippen LogP contribution is -2.28. The van der Waals surface area contributed by atoms with Crippen LogP contribution in [-0.2, 0) is 11.1 Å². The molecule has 0 aliphatic carbocycles. The van der Waals surface area contributed by atoms with E-state index in [4.69, 9.17) is 18.9 Å². The Labute approximate surface area is 217 Å². The third kappa shape index (κ3) is 3.03. The first-order valence-corrected chi connectivity index (χ1v) is 12.7. The number of ether oxygens (including phenoxy) is 4. The van der Waals surface area contributed by atoms with E-state index in [1.165, 1.54) is 0 Å². The fraction of sp³-hybridized carbons (Fsp3) is 0.333. The highest BCUT2D eigenvalue weighted by molar-refractivity contribution is 6.05. The molecule has 2 aliphatic rings. The van der Waals surface area contributed by atoms with E-state index >= 15 is 0 Å². The monoisotopic (exact) mass is 512 g/mol. The predicted octanol–water partition coefficient (Wildman–Crippen LogP) is 5.59. The molecule has 0 atom stereocenters. The Bertz CT molecular complexity index is 1840. The Kier molecular flexibility index (Phi) is 4.36. The summed E-state index contributed by atoms with van der Waals surface area (Å²) in [6.07, 6.45) is 0. The zero-order valence-corrected chi connectivity index (χ0v) is 22.2. The molecule has 4 heterocycles. The van der Waals surface area contributed by atoms with Crippen LogP contribution < -0.4 is 29.8 Å². The van der Waals surface area contributed by atoms with E-state index < -0.39 is 11.1 Å². The van der Waals surface area contributed by atoms with E-state index in [0.29, 0.717) is 55.6 Å². The third-order valence-electron chi connectivity index (χ3n) is 7.38. The summed E-state index contributed by atoms with van der Waals surface area (Å²) in [5, 5.41) is 2.17. The molecule has 2 aliphatic heterocycles. The Morgan fingerprint density at radius 3 is 1.13 bits per heavy atom. The third-order valence-corrected chi connectivity index (χ3v) is 7.38. The van der Waals surface area contributed by atoms with Gasteiger partial charge in [0.2, 0.25) is 13.6 Å². The molecule has 8 nitrogen and oxygen atoms in total. The fourth-order valence-corrected chi connectivity index (χ4v) is 5.90. The Morgan fingerprint density at radius 1 is 0.500 bits per heavy atom. The minimum Gasteiger partial charge on any atom is -0.454 e. The average molecular weight is 513 g/mol. The van der Waals surface area contributed by atoms with Crippen molar-refractivity contribution in [1.29, 1.82) is 0 Å². The van der Waals surface area contributed by atoms with Crippen molar-refractivity contribution in [3.8, 4) is 23.0 Å². The number of hydrogen-bond donors (Lipinski definition) is 0. The molecule has 0 saturated carbocycles. The van der Waals surface area contributed by atoms with Gasteiger partial charge in [-0.15, -0.1) is 0 Å². The van der Waals surface area contributed by atoms with Gasteiger partial charge in [-0.25, -0.2) is 0 Å². The quantitative estimate of drug-likeness (QED) is 0.252. The van der Waals surface area contributed by atoms with E-state index in [1.54, 1.807) is 12.1 Å². The molecule has 8 heteroatoms. The summed E-state index contributed by atoms with van der Waals surface area (Å²) in [5.74, 6) is 2.33. The highest BCUT2D eigenvalue weighted by Gasteiger charge is 2.28. The van der Waals surface area contributed by atoms with Crippen LogP contribution in [0.3, 0.4) is 0 Å². The molecule has 0 radical (unpaired) electrons. The van der Waals surface area contributed by atoms with Crippen molar-refractivity contribution in [2.24, 2.45) is 0 Å². The molecule has 7 rings (SSSR count). The minimum absolute atomic E-state index is 0.116. The SMILES string of the molecule is CC(C)(C)n1c2cc3c(cc2c(=O)c2cc4c(cc21)c(=O)c1cc2c(cc1n4C(C)(C)C)OCO2)OCO3. The van der Waals surface area contributed by atoms with Crippen LogP contribution in [0.5, 0.6) is 23.0 Å². The molecular weight excluding hydrogens is 484 g/mol. The average Bonchev–Trinajstić information content (AvgIpc) is 3.48. The standard InChI is InChI=1S/C30H28N2O6/c1-29(2,3)31-19-7-16-20(8-15(19)27(33)17-9-23-25(11-21(17)31)37-13-35-23)32(30(4,5)6)22-12-26-24(36-14-38-26)10-18(22)28(16)34/h7-12H,13-14H2,1-6H3. The van der Waals surface area contributed by atoms with Crippen LogP contribution in [0.1, 0.15) is 41.5 Å². The van der Waals surface area contributed by atoms with Crippen molar-refractivity contribution in [2.45, 2.75) is 52.6 Å². The smallest absolute Gasteiger partial charge is 0.231 e. The molecule has 0 amide bonds. The van der Waals surface area contributed by atoms with E-state index in [-0.39, 0.29) is 24.4 Å². The van der Waals surface area contributed by atoms with Crippen molar-refractivity contribution in [2.75, 3.05) is 13.6 Å². The molecule has 3 aromatic carbocycles. The molecule has 0 N–H and O–H groups in total. The normalized spacial score (nSPS) is 14.9. The van der Waals surface area contributed by atoms with Gasteiger partial charge < -0.3 is 28.1 Å². The molecule has 0 unspecified atom stereocenters. The van der Waals surface area contributed by atoms with Crippen molar-refractivity contribution in [3.63, 3.8) is 0 Å². The van der Waals surface area contributed by atoms with Crippen LogP contribution in [0.2, 0.25) is 0 Å². The van der Waals surface area contributed by atoms with Gasteiger partial charge >= 0.3 is 0 Å². The number of fused-ring (bicyclic) bond motifs is 6. The fourth-order valence-electron chi connectivity index (χ4n) is 5.90. The van der Waals surface area contributed by atoms with Gasteiger partial charge in [-0.2, -0.15) is 0 Å². The van der Waals surface area contributed by atoms with Crippen molar-refractivity contribution in [1.82, 2.24) is 9.13 Å². The van der Waals surface area contributed by atoms with Crippen LogP contribution in [-0.4, -0.2) is 22.7 Å². The number of aromatic nitrogens is 2. The maximum Gasteiger partial charge on any atom is 0.231 e. The summed E-state index contributed by atoms with van der Waals surface area (Å²) in [7, 11) is 0. The zero-order valence-electron chi connectivity index (χ0n) is 22.2. The summed E-state index contributed by atoms with van der Waals surface area (Å²) in [6.45, 7) is 12.7. The predicted molar refractivity (Wildman–Crippen MR) is 147 cm³/mol. The second-order valence-corrected chi connectivity index (χ2v) is 12.0. The minimum atomic E-state index is -0.405. The molecule has 2 aromatic heterocycles. The summed E-state index contributed by atoms with van der Waals surface area (Å²) < 4.78 is 26.7. The lowest BCUT2D eigenvalue weighted by molar-refractivity contribution is 0.173.